The Balaban J connectivity index is 3.47. The monoisotopic (exact) mass is 114 g/mol. The molecule has 1 atom stereocenters. The van der Waals surface area contributed by atoms with Crippen molar-refractivity contribution in [3.8, 4) is 0 Å². The summed E-state index contributed by atoms with van der Waals surface area (Å²) >= 11 is 0. The van der Waals surface area contributed by atoms with Crippen LogP contribution in [0.3, 0.4) is 0 Å². The molecule has 0 fully saturated rings. The molecule has 0 aromatic rings. The maximum absolute atomic E-state index is 9.04. The van der Waals surface area contributed by atoms with E-state index < -0.39 is 0 Å². The Morgan fingerprint density at radius 1 is 1.38 bits per heavy atom. The van der Waals surface area contributed by atoms with E-state index in [0.717, 1.165) is 0 Å². The summed E-state index contributed by atoms with van der Waals surface area (Å²) in [5.41, 5.74) is 0. The fourth-order valence-corrected chi connectivity index (χ4v) is 0.419. The molecule has 0 saturated carbocycles. The lowest BCUT2D eigenvalue weighted by Crippen LogP contribution is -2.10. The Labute approximate surface area is 51.0 Å². The molecule has 0 rings (SSSR count). The summed E-state index contributed by atoms with van der Waals surface area (Å²) in [4.78, 5) is 0. The molecule has 1 heteroatoms. The van der Waals surface area contributed by atoms with Crippen LogP contribution in [0.15, 0.2) is 12.2 Å². The minimum atomic E-state index is -0.264. The van der Waals surface area contributed by atoms with Gasteiger partial charge in [-0.15, -0.1) is 0 Å². The first-order valence-corrected chi connectivity index (χ1v) is 2.99. The van der Waals surface area contributed by atoms with Gasteiger partial charge in [0, 0.05) is 0 Å². The Kier molecular flexibility index (Phi) is 3.53. The van der Waals surface area contributed by atoms with Crippen LogP contribution in [0.5, 0.6) is 0 Å². The fraction of sp³-hybridized carbons (Fsp3) is 0.714. The molecule has 0 aromatic heterocycles. The highest BCUT2D eigenvalue weighted by Crippen LogP contribution is 2.00. The van der Waals surface area contributed by atoms with Crippen molar-refractivity contribution in [3.05, 3.63) is 12.2 Å². The second-order valence-corrected chi connectivity index (χ2v) is 2.26. The molecule has 0 unspecified atom stereocenters. The first-order valence-electron chi connectivity index (χ1n) is 2.99. The van der Waals surface area contributed by atoms with E-state index in [1.165, 1.54) is 0 Å². The normalized spacial score (nSPS) is 15.6. The molecular formula is C7H14O. The number of rotatable bonds is 2. The van der Waals surface area contributed by atoms with Crippen molar-refractivity contribution < 1.29 is 5.11 Å². The minimum absolute atomic E-state index is 0.264. The number of hydrogen-bond acceptors (Lipinski definition) is 1. The van der Waals surface area contributed by atoms with Crippen LogP contribution >= 0.6 is 0 Å². The van der Waals surface area contributed by atoms with Crippen LogP contribution < -0.4 is 0 Å². The minimum Gasteiger partial charge on any atom is -0.389 e. The Bertz CT molecular complexity index is 74.5. The number of aliphatic hydroxyl groups excluding tert-OH is 1. The quantitative estimate of drug-likeness (QED) is 0.540. The summed E-state index contributed by atoms with van der Waals surface area (Å²) in [7, 11) is 0. The van der Waals surface area contributed by atoms with Crippen LogP contribution in [0.4, 0.5) is 0 Å². The van der Waals surface area contributed by atoms with E-state index in [1.807, 2.05) is 26.8 Å². The van der Waals surface area contributed by atoms with Gasteiger partial charge in [0.15, 0.2) is 0 Å². The van der Waals surface area contributed by atoms with E-state index in [0.29, 0.717) is 5.92 Å². The van der Waals surface area contributed by atoms with Crippen LogP contribution in [0.2, 0.25) is 0 Å². The third-order valence-corrected chi connectivity index (χ3v) is 1.07. The van der Waals surface area contributed by atoms with E-state index >= 15 is 0 Å². The van der Waals surface area contributed by atoms with Crippen molar-refractivity contribution in [2.24, 2.45) is 5.92 Å². The third kappa shape index (κ3) is 2.80. The van der Waals surface area contributed by atoms with Gasteiger partial charge in [-0.1, -0.05) is 26.0 Å². The highest BCUT2D eigenvalue weighted by molar-refractivity contribution is 4.86. The zero-order valence-electron chi connectivity index (χ0n) is 5.76. The lowest BCUT2D eigenvalue weighted by atomic mass is 10.1. The second kappa shape index (κ2) is 3.67. The maximum atomic E-state index is 9.04. The summed E-state index contributed by atoms with van der Waals surface area (Å²) in [5, 5.41) is 9.04. The summed E-state index contributed by atoms with van der Waals surface area (Å²) in [6.45, 7) is 5.89. The van der Waals surface area contributed by atoms with Crippen molar-refractivity contribution in [2.75, 3.05) is 0 Å². The summed E-state index contributed by atoms with van der Waals surface area (Å²) in [6.07, 6.45) is 3.40. The van der Waals surface area contributed by atoms with E-state index in [1.54, 1.807) is 6.08 Å². The average Bonchev–Trinajstić information content (AvgIpc) is 1.67. The molecule has 0 heterocycles. The van der Waals surface area contributed by atoms with Crippen LogP contribution in [0, 0.1) is 5.92 Å². The van der Waals surface area contributed by atoms with Gasteiger partial charge in [0.1, 0.15) is 0 Å². The number of aliphatic hydroxyl groups is 1. The van der Waals surface area contributed by atoms with Crippen molar-refractivity contribution in [1.29, 1.82) is 0 Å². The van der Waals surface area contributed by atoms with Gasteiger partial charge in [-0.05, 0) is 12.8 Å². The van der Waals surface area contributed by atoms with Gasteiger partial charge in [0.05, 0.1) is 6.10 Å². The van der Waals surface area contributed by atoms with Crippen LogP contribution in [-0.2, 0) is 0 Å². The average molecular weight is 114 g/mol. The molecule has 0 aliphatic carbocycles. The smallest absolute Gasteiger partial charge is 0.0743 e. The molecule has 0 aliphatic rings. The van der Waals surface area contributed by atoms with Crippen molar-refractivity contribution >= 4 is 0 Å². The third-order valence-electron chi connectivity index (χ3n) is 1.07. The van der Waals surface area contributed by atoms with Gasteiger partial charge in [-0.2, -0.15) is 0 Å². The van der Waals surface area contributed by atoms with Crippen molar-refractivity contribution in [2.45, 2.75) is 26.9 Å². The first-order chi connectivity index (χ1) is 3.68. The SMILES string of the molecule is C/C=C\[C@@H](O)C(C)C. The Morgan fingerprint density at radius 3 is 2.00 bits per heavy atom. The number of hydrogen-bond donors (Lipinski definition) is 1. The molecule has 8 heavy (non-hydrogen) atoms. The Morgan fingerprint density at radius 2 is 1.88 bits per heavy atom. The van der Waals surface area contributed by atoms with Crippen molar-refractivity contribution in [1.82, 2.24) is 0 Å². The van der Waals surface area contributed by atoms with Gasteiger partial charge < -0.3 is 5.11 Å². The van der Waals surface area contributed by atoms with Crippen molar-refractivity contribution in [3.63, 3.8) is 0 Å². The van der Waals surface area contributed by atoms with E-state index in [4.69, 9.17) is 5.11 Å². The molecule has 1 nitrogen and oxygen atoms in total. The van der Waals surface area contributed by atoms with Gasteiger partial charge >= 0.3 is 0 Å². The summed E-state index contributed by atoms with van der Waals surface area (Å²) < 4.78 is 0. The topological polar surface area (TPSA) is 20.2 Å². The number of allylic oxidation sites excluding steroid dienone is 1. The predicted octanol–water partition coefficient (Wildman–Crippen LogP) is 1.58. The van der Waals surface area contributed by atoms with Crippen LogP contribution in [0.25, 0.3) is 0 Å². The van der Waals surface area contributed by atoms with Gasteiger partial charge in [-0.3, -0.25) is 0 Å². The van der Waals surface area contributed by atoms with E-state index in [2.05, 4.69) is 0 Å². The highest BCUT2D eigenvalue weighted by Gasteiger charge is 2.01. The molecule has 48 valence electrons. The molecule has 0 aromatic carbocycles. The summed E-state index contributed by atoms with van der Waals surface area (Å²) in [6, 6.07) is 0. The maximum Gasteiger partial charge on any atom is 0.0743 e. The van der Waals surface area contributed by atoms with Crippen LogP contribution in [0.1, 0.15) is 20.8 Å². The molecular weight excluding hydrogens is 100 g/mol. The molecule has 0 aliphatic heterocycles. The lowest BCUT2D eigenvalue weighted by Gasteiger charge is -2.07. The van der Waals surface area contributed by atoms with E-state index in [-0.39, 0.29) is 6.10 Å². The van der Waals surface area contributed by atoms with Gasteiger partial charge in [0.2, 0.25) is 0 Å². The lowest BCUT2D eigenvalue weighted by molar-refractivity contribution is 0.172. The molecule has 0 saturated heterocycles. The molecule has 0 radical (unpaired) electrons. The van der Waals surface area contributed by atoms with Gasteiger partial charge in [-0.25, -0.2) is 0 Å². The molecule has 0 bridgehead atoms. The first kappa shape index (κ1) is 7.70. The molecule has 0 amide bonds. The second-order valence-electron chi connectivity index (χ2n) is 2.26. The molecule has 1 N–H and O–H groups in total. The fourth-order valence-electron chi connectivity index (χ4n) is 0.419. The van der Waals surface area contributed by atoms with E-state index in [9.17, 15) is 0 Å². The standard InChI is InChI=1S/C7H14O/c1-4-5-7(8)6(2)3/h4-8H,1-3H3/b5-4-/t7-/m1/s1. The highest BCUT2D eigenvalue weighted by atomic mass is 16.3. The largest absolute Gasteiger partial charge is 0.389 e. The van der Waals surface area contributed by atoms with Crippen LogP contribution in [-0.4, -0.2) is 11.2 Å². The zero-order chi connectivity index (χ0) is 6.57. The Hall–Kier alpha value is -0.300. The zero-order valence-corrected chi connectivity index (χ0v) is 5.76. The summed E-state index contributed by atoms with van der Waals surface area (Å²) in [5.74, 6) is 0.339. The van der Waals surface area contributed by atoms with Gasteiger partial charge in [0.25, 0.3) is 0 Å². The molecule has 0 spiro atoms. The predicted molar refractivity (Wildman–Crippen MR) is 35.7 cm³/mol.